The molecule has 1 aromatic heterocycles. The van der Waals surface area contributed by atoms with Crippen molar-refractivity contribution in [1.29, 1.82) is 0 Å². The average Bonchev–Trinajstić information content (AvgIpc) is 2.38. The Morgan fingerprint density at radius 3 is 2.31 bits per heavy atom. The topological polar surface area (TPSA) is 37.8 Å². The van der Waals surface area contributed by atoms with Crippen LogP contribution in [0, 0.1) is 0 Å². The summed E-state index contributed by atoms with van der Waals surface area (Å²) in [6.45, 7) is 4.02. The Balaban J connectivity index is 2.13. The molecule has 82 valence electrons. The molecule has 0 saturated carbocycles. The summed E-state index contributed by atoms with van der Waals surface area (Å²) in [6, 6.07) is 8.46. The van der Waals surface area contributed by atoms with Crippen molar-refractivity contribution in [2.24, 2.45) is 0 Å². The number of hydrogen-bond donors (Lipinski definition) is 1. The zero-order valence-corrected chi connectivity index (χ0v) is 9.35. The molecule has 16 heavy (non-hydrogen) atoms. The predicted molar refractivity (Wildman–Crippen MR) is 64.8 cm³/mol. The highest BCUT2D eigenvalue weighted by atomic mass is 14.8. The third kappa shape index (κ3) is 2.64. The van der Waals surface area contributed by atoms with Gasteiger partial charge in [-0.2, -0.15) is 0 Å². The fraction of sp³-hybridized carbons (Fsp3) is 0.231. The molecular weight excluding hydrogens is 198 g/mol. The number of nitrogens with one attached hydrogen (secondary N) is 1. The van der Waals surface area contributed by atoms with Gasteiger partial charge in [0, 0.05) is 24.5 Å². The van der Waals surface area contributed by atoms with Crippen LogP contribution in [0.1, 0.15) is 12.5 Å². The summed E-state index contributed by atoms with van der Waals surface area (Å²) in [7, 11) is 0. The molecule has 2 rings (SSSR count). The molecule has 0 unspecified atom stereocenters. The van der Waals surface area contributed by atoms with Crippen molar-refractivity contribution in [3.63, 3.8) is 0 Å². The summed E-state index contributed by atoms with van der Waals surface area (Å²) >= 11 is 0. The highest BCUT2D eigenvalue weighted by Gasteiger charge is 1.97. The minimum Gasteiger partial charge on any atom is -0.313 e. The second-order valence-electron chi connectivity index (χ2n) is 3.60. The lowest BCUT2D eigenvalue weighted by Gasteiger charge is -2.04. The van der Waals surface area contributed by atoms with Gasteiger partial charge in [-0.25, -0.2) is 9.97 Å². The van der Waals surface area contributed by atoms with E-state index >= 15 is 0 Å². The molecule has 0 spiro atoms. The van der Waals surface area contributed by atoms with Crippen molar-refractivity contribution >= 4 is 0 Å². The van der Waals surface area contributed by atoms with Crippen LogP contribution in [0.15, 0.2) is 43.0 Å². The van der Waals surface area contributed by atoms with Crippen LogP contribution in [0.4, 0.5) is 0 Å². The second-order valence-corrected chi connectivity index (χ2v) is 3.60. The minimum absolute atomic E-state index is 0.919. The van der Waals surface area contributed by atoms with Crippen LogP contribution < -0.4 is 5.32 Å². The number of rotatable bonds is 4. The fourth-order valence-corrected chi connectivity index (χ4v) is 1.53. The highest BCUT2D eigenvalue weighted by Crippen LogP contribution is 2.17. The van der Waals surface area contributed by atoms with Crippen LogP contribution in [-0.4, -0.2) is 16.5 Å². The normalized spacial score (nSPS) is 10.3. The van der Waals surface area contributed by atoms with E-state index in [-0.39, 0.29) is 0 Å². The summed E-state index contributed by atoms with van der Waals surface area (Å²) in [4.78, 5) is 8.02. The molecule has 0 bridgehead atoms. The molecule has 1 aromatic carbocycles. The van der Waals surface area contributed by atoms with Crippen LogP contribution in [0.5, 0.6) is 0 Å². The third-order valence-corrected chi connectivity index (χ3v) is 2.43. The third-order valence-electron chi connectivity index (χ3n) is 2.43. The van der Waals surface area contributed by atoms with Gasteiger partial charge in [0.15, 0.2) is 0 Å². The van der Waals surface area contributed by atoms with Crippen LogP contribution in [0.25, 0.3) is 11.1 Å². The molecule has 0 aliphatic heterocycles. The Labute approximate surface area is 95.6 Å². The Hall–Kier alpha value is -1.74. The molecule has 0 fully saturated rings. The zero-order valence-electron chi connectivity index (χ0n) is 9.35. The molecule has 0 amide bonds. The average molecular weight is 213 g/mol. The van der Waals surface area contributed by atoms with Gasteiger partial charge < -0.3 is 5.32 Å². The summed E-state index contributed by atoms with van der Waals surface area (Å²) < 4.78 is 0. The Morgan fingerprint density at radius 1 is 1.00 bits per heavy atom. The Kier molecular flexibility index (Phi) is 3.62. The quantitative estimate of drug-likeness (QED) is 0.846. The lowest BCUT2D eigenvalue weighted by Crippen LogP contribution is -2.11. The van der Waals surface area contributed by atoms with E-state index in [1.165, 1.54) is 5.56 Å². The summed E-state index contributed by atoms with van der Waals surface area (Å²) in [5.41, 5.74) is 3.50. The van der Waals surface area contributed by atoms with Crippen molar-refractivity contribution in [1.82, 2.24) is 15.3 Å². The smallest absolute Gasteiger partial charge is 0.115 e. The number of benzene rings is 1. The molecule has 1 heterocycles. The number of aromatic nitrogens is 2. The van der Waals surface area contributed by atoms with Gasteiger partial charge in [-0.15, -0.1) is 0 Å². The fourth-order valence-electron chi connectivity index (χ4n) is 1.53. The van der Waals surface area contributed by atoms with Gasteiger partial charge in [0.2, 0.25) is 0 Å². The molecule has 0 saturated heterocycles. The molecule has 0 aliphatic rings. The van der Waals surface area contributed by atoms with Gasteiger partial charge in [0.1, 0.15) is 6.33 Å². The maximum Gasteiger partial charge on any atom is 0.115 e. The van der Waals surface area contributed by atoms with Gasteiger partial charge in [0.05, 0.1) is 0 Å². The van der Waals surface area contributed by atoms with Gasteiger partial charge in [0.25, 0.3) is 0 Å². The lowest BCUT2D eigenvalue weighted by molar-refractivity contribution is 0.727. The SMILES string of the molecule is CCNCc1ccc(-c2cncnc2)cc1. The van der Waals surface area contributed by atoms with Gasteiger partial charge >= 0.3 is 0 Å². The molecule has 0 aliphatic carbocycles. The van der Waals surface area contributed by atoms with E-state index in [9.17, 15) is 0 Å². The molecule has 3 heteroatoms. The standard InChI is InChI=1S/C13H15N3/c1-2-14-7-11-3-5-12(6-4-11)13-8-15-10-16-9-13/h3-6,8-10,14H,2,7H2,1H3. The van der Waals surface area contributed by atoms with Gasteiger partial charge in [-0.05, 0) is 17.7 Å². The van der Waals surface area contributed by atoms with Crippen molar-refractivity contribution in [2.45, 2.75) is 13.5 Å². The molecule has 3 nitrogen and oxygen atoms in total. The molecular formula is C13H15N3. The maximum atomic E-state index is 4.01. The van der Waals surface area contributed by atoms with Crippen LogP contribution in [0.3, 0.4) is 0 Å². The maximum absolute atomic E-state index is 4.01. The lowest BCUT2D eigenvalue weighted by atomic mass is 10.1. The second kappa shape index (κ2) is 5.37. The monoisotopic (exact) mass is 213 g/mol. The van der Waals surface area contributed by atoms with E-state index in [2.05, 4.69) is 46.5 Å². The summed E-state index contributed by atoms with van der Waals surface area (Å²) in [5, 5.41) is 3.30. The molecule has 1 N–H and O–H groups in total. The van der Waals surface area contributed by atoms with Crippen molar-refractivity contribution in [3.8, 4) is 11.1 Å². The number of hydrogen-bond acceptors (Lipinski definition) is 3. The summed E-state index contributed by atoms with van der Waals surface area (Å²) in [5.74, 6) is 0. The number of nitrogens with zero attached hydrogens (tertiary/aromatic N) is 2. The first-order chi connectivity index (χ1) is 7.90. The van der Waals surface area contributed by atoms with Crippen LogP contribution in [0.2, 0.25) is 0 Å². The van der Waals surface area contributed by atoms with E-state index < -0.39 is 0 Å². The Bertz CT molecular complexity index is 423. The molecule has 0 atom stereocenters. The van der Waals surface area contributed by atoms with Crippen molar-refractivity contribution in [2.75, 3.05) is 6.54 Å². The summed E-state index contributed by atoms with van der Waals surface area (Å²) in [6.07, 6.45) is 5.20. The Morgan fingerprint density at radius 2 is 1.69 bits per heavy atom. The van der Waals surface area contributed by atoms with E-state index in [0.29, 0.717) is 0 Å². The largest absolute Gasteiger partial charge is 0.313 e. The van der Waals surface area contributed by atoms with E-state index in [0.717, 1.165) is 24.2 Å². The molecule has 0 radical (unpaired) electrons. The van der Waals surface area contributed by atoms with Crippen LogP contribution in [-0.2, 0) is 6.54 Å². The van der Waals surface area contributed by atoms with Gasteiger partial charge in [-0.3, -0.25) is 0 Å². The zero-order chi connectivity index (χ0) is 11.2. The van der Waals surface area contributed by atoms with Crippen LogP contribution >= 0.6 is 0 Å². The first-order valence-corrected chi connectivity index (χ1v) is 5.45. The van der Waals surface area contributed by atoms with E-state index in [1.807, 2.05) is 12.4 Å². The predicted octanol–water partition coefficient (Wildman–Crippen LogP) is 2.25. The first-order valence-electron chi connectivity index (χ1n) is 5.45. The van der Waals surface area contributed by atoms with E-state index in [4.69, 9.17) is 0 Å². The highest BCUT2D eigenvalue weighted by molar-refractivity contribution is 5.61. The van der Waals surface area contributed by atoms with Gasteiger partial charge in [-0.1, -0.05) is 31.2 Å². The van der Waals surface area contributed by atoms with Crippen molar-refractivity contribution in [3.05, 3.63) is 48.5 Å². The molecule has 2 aromatic rings. The van der Waals surface area contributed by atoms with E-state index in [1.54, 1.807) is 6.33 Å². The first kappa shape index (κ1) is 10.8. The van der Waals surface area contributed by atoms with Crippen molar-refractivity contribution < 1.29 is 0 Å². The minimum atomic E-state index is 0.919.